The summed E-state index contributed by atoms with van der Waals surface area (Å²) < 4.78 is 18.9. The van der Waals surface area contributed by atoms with E-state index < -0.39 is 11.7 Å². The molecule has 25 heavy (non-hydrogen) atoms. The number of hydrogen-bond donors (Lipinski definition) is 2. The molecule has 3 aromatic rings. The minimum Gasteiger partial charge on any atom is -0.495 e. The first-order chi connectivity index (χ1) is 12.2. The highest BCUT2D eigenvalue weighted by molar-refractivity contribution is 6.03. The fourth-order valence-electron chi connectivity index (χ4n) is 2.16. The highest BCUT2D eigenvalue weighted by atomic mass is 19.1. The zero-order valence-corrected chi connectivity index (χ0v) is 13.4. The number of benzene rings is 2. The molecule has 0 aliphatic carbocycles. The van der Waals surface area contributed by atoms with Gasteiger partial charge in [0.05, 0.1) is 18.5 Å². The molecule has 0 saturated carbocycles. The Hall–Kier alpha value is -3.48. The number of amides is 1. The normalized spacial score (nSPS) is 10.2. The lowest BCUT2D eigenvalue weighted by Crippen LogP contribution is -2.15. The van der Waals surface area contributed by atoms with E-state index >= 15 is 0 Å². The van der Waals surface area contributed by atoms with E-state index in [0.717, 1.165) is 0 Å². The molecule has 1 aromatic heterocycles. The number of anilines is 3. The van der Waals surface area contributed by atoms with Gasteiger partial charge in [-0.25, -0.2) is 14.4 Å². The fraction of sp³-hybridized carbons (Fsp3) is 0.0556. The molecule has 0 radical (unpaired) electrons. The number of aromatic nitrogens is 2. The summed E-state index contributed by atoms with van der Waals surface area (Å²) in [4.78, 5) is 20.5. The van der Waals surface area contributed by atoms with Gasteiger partial charge in [0.1, 0.15) is 17.3 Å². The summed E-state index contributed by atoms with van der Waals surface area (Å²) in [6, 6.07) is 14.6. The molecule has 0 aliphatic rings. The van der Waals surface area contributed by atoms with Crippen molar-refractivity contribution < 1.29 is 13.9 Å². The average molecular weight is 338 g/mol. The second-order valence-electron chi connectivity index (χ2n) is 5.02. The summed E-state index contributed by atoms with van der Waals surface area (Å²) in [5.41, 5.74) is 0.859. The first kappa shape index (κ1) is 16.4. The van der Waals surface area contributed by atoms with Crippen LogP contribution in [0.2, 0.25) is 0 Å². The second kappa shape index (κ2) is 7.39. The van der Waals surface area contributed by atoms with Crippen LogP contribution in [0.4, 0.5) is 21.7 Å². The lowest BCUT2D eigenvalue weighted by molar-refractivity contribution is 0.102. The topological polar surface area (TPSA) is 76.1 Å². The molecular weight excluding hydrogens is 323 g/mol. The summed E-state index contributed by atoms with van der Waals surface area (Å²) in [5.74, 6) is -0.203. The average Bonchev–Trinajstić information content (AvgIpc) is 2.64. The van der Waals surface area contributed by atoms with Crippen molar-refractivity contribution in [2.75, 3.05) is 17.7 Å². The van der Waals surface area contributed by atoms with E-state index in [1.807, 2.05) is 12.1 Å². The monoisotopic (exact) mass is 338 g/mol. The van der Waals surface area contributed by atoms with E-state index in [2.05, 4.69) is 20.6 Å². The molecule has 3 rings (SSSR count). The Labute approximate surface area is 143 Å². The van der Waals surface area contributed by atoms with E-state index in [0.29, 0.717) is 11.4 Å². The van der Waals surface area contributed by atoms with E-state index in [-0.39, 0.29) is 17.3 Å². The Morgan fingerprint density at radius 1 is 1.04 bits per heavy atom. The van der Waals surface area contributed by atoms with E-state index in [1.54, 1.807) is 31.4 Å². The maximum Gasteiger partial charge on any atom is 0.274 e. The van der Waals surface area contributed by atoms with Gasteiger partial charge in [0.25, 0.3) is 5.91 Å². The van der Waals surface area contributed by atoms with Crippen molar-refractivity contribution in [3.8, 4) is 5.75 Å². The molecule has 0 fully saturated rings. The van der Waals surface area contributed by atoms with Crippen LogP contribution in [0.25, 0.3) is 0 Å². The molecule has 6 nitrogen and oxygen atoms in total. The number of methoxy groups -OCH3 is 1. The van der Waals surface area contributed by atoms with Crippen LogP contribution in [0, 0.1) is 5.82 Å². The quantitative estimate of drug-likeness (QED) is 0.743. The Morgan fingerprint density at radius 3 is 2.52 bits per heavy atom. The van der Waals surface area contributed by atoms with Crippen molar-refractivity contribution in [3.63, 3.8) is 0 Å². The Bertz CT molecular complexity index is 902. The van der Waals surface area contributed by atoms with Crippen molar-refractivity contribution in [1.82, 2.24) is 9.97 Å². The van der Waals surface area contributed by atoms with Gasteiger partial charge in [0, 0.05) is 6.20 Å². The number of carbonyl (C=O) groups excluding carboxylic acids is 1. The van der Waals surface area contributed by atoms with Crippen LogP contribution >= 0.6 is 0 Å². The second-order valence-corrected chi connectivity index (χ2v) is 5.02. The van der Waals surface area contributed by atoms with Crippen LogP contribution in [-0.2, 0) is 0 Å². The molecule has 0 aliphatic heterocycles. The van der Waals surface area contributed by atoms with Gasteiger partial charge in [0.15, 0.2) is 0 Å². The van der Waals surface area contributed by atoms with E-state index in [4.69, 9.17) is 4.74 Å². The smallest absolute Gasteiger partial charge is 0.274 e. The third-order valence-electron chi connectivity index (χ3n) is 3.36. The summed E-state index contributed by atoms with van der Waals surface area (Å²) in [5, 5.41) is 5.48. The first-order valence-electron chi connectivity index (χ1n) is 7.46. The summed E-state index contributed by atoms with van der Waals surface area (Å²) in [7, 11) is 1.56. The van der Waals surface area contributed by atoms with Gasteiger partial charge in [-0.2, -0.15) is 0 Å². The lowest BCUT2D eigenvalue weighted by Gasteiger charge is -2.10. The highest BCUT2D eigenvalue weighted by Gasteiger charge is 2.12. The Balaban J connectivity index is 1.79. The number of halogens is 1. The van der Waals surface area contributed by atoms with Gasteiger partial charge < -0.3 is 15.4 Å². The minimum absolute atomic E-state index is 0.0883. The molecule has 7 heteroatoms. The molecule has 0 bridgehead atoms. The van der Waals surface area contributed by atoms with E-state index in [9.17, 15) is 9.18 Å². The predicted molar refractivity (Wildman–Crippen MR) is 92.7 cm³/mol. The number of nitrogens with one attached hydrogen (secondary N) is 2. The van der Waals surface area contributed by atoms with Crippen LogP contribution in [-0.4, -0.2) is 23.0 Å². The van der Waals surface area contributed by atoms with Crippen molar-refractivity contribution in [3.05, 3.63) is 72.3 Å². The predicted octanol–water partition coefficient (Wildman–Crippen LogP) is 3.62. The lowest BCUT2D eigenvalue weighted by atomic mass is 10.3. The number of rotatable bonds is 5. The third-order valence-corrected chi connectivity index (χ3v) is 3.36. The van der Waals surface area contributed by atoms with Gasteiger partial charge in [0.2, 0.25) is 5.95 Å². The number of para-hydroxylation sites is 3. The van der Waals surface area contributed by atoms with Gasteiger partial charge in [-0.1, -0.05) is 24.3 Å². The van der Waals surface area contributed by atoms with Crippen molar-refractivity contribution in [2.24, 2.45) is 0 Å². The molecule has 0 unspecified atom stereocenters. The number of carbonyl (C=O) groups is 1. The van der Waals surface area contributed by atoms with Crippen LogP contribution in [0.3, 0.4) is 0 Å². The number of ether oxygens (including phenoxy) is 1. The minimum atomic E-state index is -0.532. The highest BCUT2D eigenvalue weighted by Crippen LogP contribution is 2.25. The molecule has 0 saturated heterocycles. The Kier molecular flexibility index (Phi) is 4.84. The molecule has 0 spiro atoms. The van der Waals surface area contributed by atoms with Crippen LogP contribution < -0.4 is 15.4 Å². The number of nitrogens with zero attached hydrogens (tertiary/aromatic N) is 2. The van der Waals surface area contributed by atoms with Gasteiger partial charge in [-0.15, -0.1) is 0 Å². The largest absolute Gasteiger partial charge is 0.495 e. The SMILES string of the molecule is COc1ccccc1Nc1nccc(C(=O)Nc2ccccc2F)n1. The summed E-state index contributed by atoms with van der Waals surface area (Å²) in [6.45, 7) is 0. The van der Waals surface area contributed by atoms with Crippen molar-refractivity contribution in [2.45, 2.75) is 0 Å². The van der Waals surface area contributed by atoms with Crippen LogP contribution in [0.1, 0.15) is 10.5 Å². The van der Waals surface area contributed by atoms with Crippen molar-refractivity contribution in [1.29, 1.82) is 0 Å². The molecule has 2 aromatic carbocycles. The zero-order chi connectivity index (χ0) is 17.6. The number of hydrogen-bond acceptors (Lipinski definition) is 5. The zero-order valence-electron chi connectivity index (χ0n) is 13.4. The summed E-state index contributed by atoms with van der Waals surface area (Å²) in [6.07, 6.45) is 1.45. The molecule has 1 heterocycles. The molecular formula is C18H15FN4O2. The maximum atomic E-state index is 13.6. The summed E-state index contributed by atoms with van der Waals surface area (Å²) >= 11 is 0. The fourth-order valence-corrected chi connectivity index (χ4v) is 2.16. The Morgan fingerprint density at radius 2 is 1.76 bits per heavy atom. The van der Waals surface area contributed by atoms with Crippen molar-refractivity contribution >= 4 is 23.2 Å². The van der Waals surface area contributed by atoms with E-state index in [1.165, 1.54) is 24.4 Å². The molecule has 1 amide bonds. The van der Waals surface area contributed by atoms with Gasteiger partial charge in [-0.3, -0.25) is 4.79 Å². The third kappa shape index (κ3) is 3.89. The molecule has 126 valence electrons. The standard InChI is InChI=1S/C18H15FN4O2/c1-25-16-9-5-4-8-14(16)22-18-20-11-10-15(23-18)17(24)21-13-7-3-2-6-12(13)19/h2-11H,1H3,(H,21,24)(H,20,22,23). The molecule has 0 atom stereocenters. The van der Waals surface area contributed by atoms with Crippen LogP contribution in [0.5, 0.6) is 5.75 Å². The van der Waals surface area contributed by atoms with Crippen LogP contribution in [0.15, 0.2) is 60.8 Å². The van der Waals surface area contributed by atoms with Gasteiger partial charge in [-0.05, 0) is 30.3 Å². The maximum absolute atomic E-state index is 13.6. The first-order valence-corrected chi connectivity index (χ1v) is 7.46. The molecule has 2 N–H and O–H groups in total. The van der Waals surface area contributed by atoms with Gasteiger partial charge >= 0.3 is 0 Å².